The summed E-state index contributed by atoms with van der Waals surface area (Å²) < 4.78 is 0. The van der Waals surface area contributed by atoms with Crippen LogP contribution in [0.5, 0.6) is 0 Å². The molecule has 0 nitrogen and oxygen atoms in total. The standard InChI is InChI=1S/C54H66/c1-43(2)15-9-17-45(5)19-11-21-47(7)23-13-25-49-27-31-51(32-28-49)35-37-53-39-41-54(42-40-53)38-36-52-33-29-50(30-34-52)26-14-24-48(8)22-12-20-46(6)18-10-16-44(3)4/h13-16,19-20,23-42H,9-12,17-18,21-22H2,1-8H3/b25-13+,26-14+,37-35+,38-36+,45-19+,46-20+,47-23+,48-24+. The van der Waals surface area contributed by atoms with Gasteiger partial charge in [-0.2, -0.15) is 0 Å². The monoisotopic (exact) mass is 715 g/mol. The largest absolute Gasteiger partial charge is 0.0856 e. The zero-order valence-corrected chi connectivity index (χ0v) is 34.7. The first-order valence-corrected chi connectivity index (χ1v) is 20.0. The number of hydrogen-bond acceptors (Lipinski definition) is 0. The lowest BCUT2D eigenvalue weighted by Crippen LogP contribution is -1.80. The third-order valence-electron chi connectivity index (χ3n) is 9.33. The summed E-state index contributed by atoms with van der Waals surface area (Å²) in [5.74, 6) is 0. The lowest BCUT2D eigenvalue weighted by Gasteiger charge is -2.01. The van der Waals surface area contributed by atoms with Crippen LogP contribution in [0.3, 0.4) is 0 Å². The Bertz CT molecular complexity index is 1720. The van der Waals surface area contributed by atoms with Crippen LogP contribution in [0.1, 0.15) is 140 Å². The van der Waals surface area contributed by atoms with Gasteiger partial charge in [0.15, 0.2) is 0 Å². The highest BCUT2D eigenvalue weighted by Gasteiger charge is 1.95. The van der Waals surface area contributed by atoms with E-state index in [-0.39, 0.29) is 0 Å². The number of hydrogen-bond donors (Lipinski definition) is 0. The van der Waals surface area contributed by atoms with Gasteiger partial charge in [-0.15, -0.1) is 0 Å². The van der Waals surface area contributed by atoms with Gasteiger partial charge in [0.05, 0.1) is 0 Å². The van der Waals surface area contributed by atoms with Crippen molar-refractivity contribution in [1.29, 1.82) is 0 Å². The number of allylic oxidation sites excluding steroid dienone is 14. The van der Waals surface area contributed by atoms with Crippen LogP contribution in [0.25, 0.3) is 36.5 Å². The SMILES string of the molecule is CC(C)=CCC/C(C)=C/CC/C(C)=C/C=C/c1ccc(/C=C/c2ccc(/C=C/c3ccc(/C=C/C=C(\C)CC/C=C(\C)CCC=C(C)C)cc3)cc2)cc1. The predicted molar refractivity (Wildman–Crippen MR) is 246 cm³/mol. The van der Waals surface area contributed by atoms with Crippen molar-refractivity contribution in [2.75, 3.05) is 0 Å². The third-order valence-corrected chi connectivity index (χ3v) is 9.33. The molecule has 3 aromatic rings. The Kier molecular flexibility index (Phi) is 20.2. The fraction of sp³-hybridized carbons (Fsp3) is 0.296. The van der Waals surface area contributed by atoms with Gasteiger partial charge >= 0.3 is 0 Å². The highest BCUT2D eigenvalue weighted by molar-refractivity contribution is 5.73. The predicted octanol–water partition coefficient (Wildman–Crippen LogP) is 16.9. The van der Waals surface area contributed by atoms with E-state index in [0.717, 1.165) is 51.4 Å². The molecule has 0 aliphatic rings. The summed E-state index contributed by atoms with van der Waals surface area (Å²) >= 11 is 0. The summed E-state index contributed by atoms with van der Waals surface area (Å²) in [6.45, 7) is 17.6. The maximum atomic E-state index is 2.40. The molecular formula is C54H66. The molecule has 0 fully saturated rings. The van der Waals surface area contributed by atoms with Crippen molar-refractivity contribution in [1.82, 2.24) is 0 Å². The van der Waals surface area contributed by atoms with Crippen LogP contribution in [0.15, 0.2) is 155 Å². The molecule has 282 valence electrons. The Morgan fingerprint density at radius 1 is 0.315 bits per heavy atom. The minimum absolute atomic E-state index is 1.10. The van der Waals surface area contributed by atoms with Crippen LogP contribution in [0, 0.1) is 0 Å². The Balaban J connectivity index is 1.41. The summed E-state index contributed by atoms with van der Waals surface area (Å²) in [5, 5.41) is 0. The maximum absolute atomic E-state index is 2.40. The zero-order chi connectivity index (χ0) is 39.0. The highest BCUT2D eigenvalue weighted by Crippen LogP contribution is 2.17. The van der Waals surface area contributed by atoms with E-state index in [4.69, 9.17) is 0 Å². The van der Waals surface area contributed by atoms with Crippen LogP contribution in [0.4, 0.5) is 0 Å². The molecule has 0 amide bonds. The minimum Gasteiger partial charge on any atom is -0.0856 e. The lowest BCUT2D eigenvalue weighted by molar-refractivity contribution is 0.918. The summed E-state index contributed by atoms with van der Waals surface area (Å²) in [6.07, 6.45) is 40.4. The second-order valence-electron chi connectivity index (χ2n) is 15.2. The fourth-order valence-electron chi connectivity index (χ4n) is 5.83. The molecule has 54 heavy (non-hydrogen) atoms. The van der Waals surface area contributed by atoms with Gasteiger partial charge in [-0.3, -0.25) is 0 Å². The van der Waals surface area contributed by atoms with E-state index in [1.165, 1.54) is 66.8 Å². The van der Waals surface area contributed by atoms with E-state index in [0.29, 0.717) is 0 Å². The lowest BCUT2D eigenvalue weighted by atomic mass is 10.1. The smallest absolute Gasteiger partial charge is 0.0256 e. The Labute approximate surface area is 330 Å². The number of benzene rings is 3. The Morgan fingerprint density at radius 2 is 0.556 bits per heavy atom. The molecule has 0 radical (unpaired) electrons. The van der Waals surface area contributed by atoms with E-state index >= 15 is 0 Å². The first-order valence-electron chi connectivity index (χ1n) is 20.0. The molecule has 0 heteroatoms. The second kappa shape index (κ2) is 25.1. The van der Waals surface area contributed by atoms with Gasteiger partial charge in [0.1, 0.15) is 0 Å². The van der Waals surface area contributed by atoms with Crippen molar-refractivity contribution < 1.29 is 0 Å². The molecule has 0 N–H and O–H groups in total. The maximum Gasteiger partial charge on any atom is -0.0256 e. The van der Waals surface area contributed by atoms with Crippen molar-refractivity contribution in [3.63, 3.8) is 0 Å². The van der Waals surface area contributed by atoms with Gasteiger partial charge in [-0.1, -0.05) is 191 Å². The normalized spacial score (nSPS) is 13.2. The van der Waals surface area contributed by atoms with Crippen LogP contribution >= 0.6 is 0 Å². The van der Waals surface area contributed by atoms with Gasteiger partial charge in [0.2, 0.25) is 0 Å². The van der Waals surface area contributed by atoms with Crippen molar-refractivity contribution >= 4 is 36.5 Å². The van der Waals surface area contributed by atoms with Crippen LogP contribution in [-0.4, -0.2) is 0 Å². The molecule has 0 aliphatic heterocycles. The molecular weight excluding hydrogens is 649 g/mol. The Hall–Kier alpha value is -4.94. The van der Waals surface area contributed by atoms with E-state index in [9.17, 15) is 0 Å². The summed E-state index contributed by atoms with van der Waals surface area (Å²) in [4.78, 5) is 0. The first-order chi connectivity index (χ1) is 26.0. The van der Waals surface area contributed by atoms with E-state index in [1.54, 1.807) is 0 Å². The molecule has 0 unspecified atom stereocenters. The van der Waals surface area contributed by atoms with Gasteiger partial charge in [-0.05, 0) is 140 Å². The summed E-state index contributed by atoms with van der Waals surface area (Å²) in [7, 11) is 0. The van der Waals surface area contributed by atoms with Crippen LogP contribution in [-0.2, 0) is 0 Å². The van der Waals surface area contributed by atoms with E-state index < -0.39 is 0 Å². The first kappa shape index (κ1) is 43.5. The molecule has 0 bridgehead atoms. The van der Waals surface area contributed by atoms with Crippen LogP contribution < -0.4 is 0 Å². The molecule has 0 aliphatic carbocycles. The zero-order valence-electron chi connectivity index (χ0n) is 34.7. The average molecular weight is 715 g/mol. The fourth-order valence-corrected chi connectivity index (χ4v) is 5.83. The molecule has 0 atom stereocenters. The molecule has 0 saturated carbocycles. The van der Waals surface area contributed by atoms with Crippen molar-refractivity contribution in [3.05, 3.63) is 188 Å². The molecule has 3 aromatic carbocycles. The molecule has 0 spiro atoms. The van der Waals surface area contributed by atoms with Gasteiger partial charge in [0, 0.05) is 0 Å². The van der Waals surface area contributed by atoms with E-state index in [1.807, 2.05) is 0 Å². The van der Waals surface area contributed by atoms with Crippen LogP contribution in [0.2, 0.25) is 0 Å². The van der Waals surface area contributed by atoms with Gasteiger partial charge in [0.25, 0.3) is 0 Å². The quantitative estimate of drug-likeness (QED) is 0.0621. The second-order valence-corrected chi connectivity index (χ2v) is 15.2. The Morgan fingerprint density at radius 3 is 0.833 bits per heavy atom. The molecule has 0 aromatic heterocycles. The molecule has 0 heterocycles. The van der Waals surface area contributed by atoms with Gasteiger partial charge in [-0.25, -0.2) is 0 Å². The highest BCUT2D eigenvalue weighted by atomic mass is 14.0. The van der Waals surface area contributed by atoms with E-state index in [2.05, 4.69) is 213 Å². The van der Waals surface area contributed by atoms with Gasteiger partial charge < -0.3 is 0 Å². The molecule has 3 rings (SSSR count). The van der Waals surface area contributed by atoms with Crippen molar-refractivity contribution in [2.45, 2.75) is 107 Å². The topological polar surface area (TPSA) is 0 Å². The average Bonchev–Trinajstić information content (AvgIpc) is 3.14. The number of rotatable bonds is 20. The van der Waals surface area contributed by atoms with Crippen molar-refractivity contribution in [2.24, 2.45) is 0 Å². The molecule has 0 saturated heterocycles. The minimum atomic E-state index is 1.10. The van der Waals surface area contributed by atoms with Crippen molar-refractivity contribution in [3.8, 4) is 0 Å². The third kappa shape index (κ3) is 19.8. The summed E-state index contributed by atoms with van der Waals surface area (Å²) in [5.41, 5.74) is 15.8. The summed E-state index contributed by atoms with van der Waals surface area (Å²) in [6, 6.07) is 26.2.